The van der Waals surface area contributed by atoms with Crippen LogP contribution in [0.3, 0.4) is 0 Å². The Hall–Kier alpha value is -3.69. The fourth-order valence-corrected chi connectivity index (χ4v) is 3.95. The molecule has 3 N–H and O–H groups in total. The van der Waals surface area contributed by atoms with Crippen molar-refractivity contribution in [3.8, 4) is 17.0 Å². The third-order valence-corrected chi connectivity index (χ3v) is 5.66. The summed E-state index contributed by atoms with van der Waals surface area (Å²) in [6.07, 6.45) is 1.54. The number of carbonyl (C=O) groups is 2. The number of aliphatic hydroxyl groups excluding tert-OH is 1. The van der Waals surface area contributed by atoms with E-state index in [9.17, 15) is 9.59 Å². The van der Waals surface area contributed by atoms with Gasteiger partial charge in [-0.15, -0.1) is 0 Å². The van der Waals surface area contributed by atoms with Crippen LogP contribution in [0.1, 0.15) is 35.3 Å². The molecule has 0 atom stereocenters. The van der Waals surface area contributed by atoms with E-state index >= 15 is 0 Å². The molecule has 0 aliphatic carbocycles. The molecule has 0 bridgehead atoms. The number of amides is 2. The Morgan fingerprint density at radius 3 is 2.72 bits per heavy atom. The van der Waals surface area contributed by atoms with Gasteiger partial charge in [0.1, 0.15) is 12.3 Å². The van der Waals surface area contributed by atoms with Crippen molar-refractivity contribution in [2.45, 2.75) is 33.0 Å². The predicted octanol–water partition coefficient (Wildman–Crippen LogP) is 3.51. The molecule has 2 heterocycles. The van der Waals surface area contributed by atoms with Crippen LogP contribution >= 0.6 is 11.6 Å². The molecular weight excluding hydrogens is 482 g/mol. The number of methoxy groups -OCH3 is 1. The van der Waals surface area contributed by atoms with Crippen molar-refractivity contribution in [1.29, 1.82) is 0 Å². The first-order valence-corrected chi connectivity index (χ1v) is 11.8. The maximum absolute atomic E-state index is 13.0. The number of hydrogen-bond acceptors (Lipinski definition) is 7. The van der Waals surface area contributed by atoms with Gasteiger partial charge in [0.25, 0.3) is 5.91 Å². The summed E-state index contributed by atoms with van der Waals surface area (Å²) in [6, 6.07) is 13.2. The highest BCUT2D eigenvalue weighted by Gasteiger charge is 2.29. The Morgan fingerprint density at radius 2 is 2.00 bits per heavy atom. The zero-order chi connectivity index (χ0) is 26.2. The molecule has 4 rings (SSSR count). The van der Waals surface area contributed by atoms with Crippen LogP contribution in [0.2, 0.25) is 5.02 Å². The molecule has 0 unspecified atom stereocenters. The van der Waals surface area contributed by atoms with Crippen molar-refractivity contribution in [3.05, 3.63) is 70.4 Å². The Morgan fingerprint density at radius 1 is 1.22 bits per heavy atom. The number of hydrogen-bond donors (Lipinski definition) is 3. The van der Waals surface area contributed by atoms with E-state index in [4.69, 9.17) is 21.4 Å². The van der Waals surface area contributed by atoms with E-state index < -0.39 is 0 Å². The van der Waals surface area contributed by atoms with Crippen molar-refractivity contribution in [2.24, 2.45) is 0 Å². The number of rotatable bonds is 8. The Kier molecular flexibility index (Phi) is 9.21. The standard InChI is InChI=1S/C25H26ClN5O3.CH4O/c1-15(2)29-25-28-12-21(26)23(30-25)17-7-8-18-13-31(24(33)20(18)10-17)14-22(32)27-11-16-5-4-6-19(9-16)34-3;1-2/h4-10,12,15H,11,13-14H2,1-3H3,(H,27,32)(H,28,29,30);2H,1H3. The van der Waals surface area contributed by atoms with Crippen molar-refractivity contribution in [3.63, 3.8) is 0 Å². The summed E-state index contributed by atoms with van der Waals surface area (Å²) >= 11 is 6.35. The van der Waals surface area contributed by atoms with Crippen LogP contribution in [0.15, 0.2) is 48.7 Å². The van der Waals surface area contributed by atoms with E-state index in [0.29, 0.717) is 35.3 Å². The molecule has 1 aromatic heterocycles. The minimum atomic E-state index is -0.229. The van der Waals surface area contributed by atoms with E-state index in [1.54, 1.807) is 19.4 Å². The number of benzene rings is 2. The van der Waals surface area contributed by atoms with Gasteiger partial charge in [-0.1, -0.05) is 35.9 Å². The van der Waals surface area contributed by atoms with Crippen LogP contribution in [0.5, 0.6) is 5.75 Å². The van der Waals surface area contributed by atoms with Crippen molar-refractivity contribution < 1.29 is 19.4 Å². The van der Waals surface area contributed by atoms with Crippen molar-refractivity contribution >= 4 is 29.4 Å². The van der Waals surface area contributed by atoms with Gasteiger partial charge < -0.3 is 25.4 Å². The molecule has 0 radical (unpaired) electrons. The lowest BCUT2D eigenvalue weighted by Gasteiger charge is -2.15. The maximum Gasteiger partial charge on any atom is 0.254 e. The molecule has 1 aliphatic heterocycles. The van der Waals surface area contributed by atoms with Crippen LogP contribution in [0.25, 0.3) is 11.3 Å². The largest absolute Gasteiger partial charge is 0.497 e. The number of carbonyl (C=O) groups excluding carboxylic acids is 2. The summed E-state index contributed by atoms with van der Waals surface area (Å²) in [5.41, 5.74) is 3.59. The Labute approximate surface area is 215 Å². The average molecular weight is 512 g/mol. The smallest absolute Gasteiger partial charge is 0.254 e. The highest BCUT2D eigenvalue weighted by Crippen LogP contribution is 2.31. The molecule has 3 aromatic rings. The fourth-order valence-electron chi connectivity index (χ4n) is 3.75. The lowest BCUT2D eigenvalue weighted by atomic mass is 10.0. The number of ether oxygens (including phenoxy) is 1. The predicted molar refractivity (Wildman–Crippen MR) is 139 cm³/mol. The monoisotopic (exact) mass is 511 g/mol. The molecule has 10 heteroatoms. The first kappa shape index (κ1) is 26.9. The molecule has 0 spiro atoms. The van der Waals surface area contributed by atoms with Crippen LogP contribution in [-0.4, -0.2) is 58.6 Å². The second-order valence-electron chi connectivity index (χ2n) is 8.35. The summed E-state index contributed by atoms with van der Waals surface area (Å²) in [6.45, 7) is 4.69. The highest BCUT2D eigenvalue weighted by atomic mass is 35.5. The van der Waals surface area contributed by atoms with E-state index in [1.807, 2.05) is 50.2 Å². The fraction of sp³-hybridized carbons (Fsp3) is 0.308. The van der Waals surface area contributed by atoms with Gasteiger partial charge in [0.05, 0.1) is 24.0 Å². The third kappa shape index (κ3) is 6.50. The van der Waals surface area contributed by atoms with Crippen LogP contribution in [-0.2, 0) is 17.9 Å². The van der Waals surface area contributed by atoms with Gasteiger partial charge in [0, 0.05) is 37.4 Å². The number of fused-ring (bicyclic) bond motifs is 1. The minimum Gasteiger partial charge on any atom is -0.497 e. The second kappa shape index (κ2) is 12.3. The van der Waals surface area contributed by atoms with Crippen molar-refractivity contribution in [1.82, 2.24) is 20.2 Å². The minimum absolute atomic E-state index is 0.0243. The summed E-state index contributed by atoms with van der Waals surface area (Å²) in [4.78, 5) is 35.8. The van der Waals surface area contributed by atoms with Gasteiger partial charge in [-0.2, -0.15) is 0 Å². The van der Waals surface area contributed by atoms with Gasteiger partial charge >= 0.3 is 0 Å². The van der Waals surface area contributed by atoms with Gasteiger partial charge in [-0.05, 0) is 43.2 Å². The molecule has 0 saturated carbocycles. The molecule has 36 heavy (non-hydrogen) atoms. The summed E-state index contributed by atoms with van der Waals surface area (Å²) < 4.78 is 5.21. The molecule has 9 nitrogen and oxygen atoms in total. The van der Waals surface area contributed by atoms with E-state index in [2.05, 4.69) is 20.6 Å². The topological polar surface area (TPSA) is 117 Å². The first-order chi connectivity index (χ1) is 17.3. The van der Waals surface area contributed by atoms with Crippen LogP contribution < -0.4 is 15.4 Å². The maximum atomic E-state index is 13.0. The van der Waals surface area contributed by atoms with Gasteiger partial charge in [0.2, 0.25) is 11.9 Å². The Balaban J connectivity index is 0.00000176. The van der Waals surface area contributed by atoms with Gasteiger partial charge in [0.15, 0.2) is 0 Å². The van der Waals surface area contributed by atoms with E-state index in [-0.39, 0.29) is 24.4 Å². The summed E-state index contributed by atoms with van der Waals surface area (Å²) in [7, 11) is 2.60. The lowest BCUT2D eigenvalue weighted by molar-refractivity contribution is -0.122. The SMILES string of the molecule is CO.COc1cccc(CNC(=O)CN2Cc3ccc(-c4nc(NC(C)C)ncc4Cl)cc3C2=O)c1. The molecule has 2 amide bonds. The zero-order valence-corrected chi connectivity index (χ0v) is 21.5. The van der Waals surface area contributed by atoms with Gasteiger partial charge in [-0.25, -0.2) is 9.97 Å². The first-order valence-electron chi connectivity index (χ1n) is 11.4. The average Bonchev–Trinajstić information content (AvgIpc) is 3.19. The number of halogens is 1. The number of nitrogens with zero attached hydrogens (tertiary/aromatic N) is 3. The van der Waals surface area contributed by atoms with Crippen LogP contribution in [0.4, 0.5) is 5.95 Å². The Bertz CT molecular complexity index is 1230. The second-order valence-corrected chi connectivity index (χ2v) is 8.76. The third-order valence-electron chi connectivity index (χ3n) is 5.38. The molecular formula is C26H30ClN5O4. The molecule has 0 saturated heterocycles. The number of nitrogens with one attached hydrogen (secondary N) is 2. The quantitative estimate of drug-likeness (QED) is 0.423. The van der Waals surface area contributed by atoms with Crippen molar-refractivity contribution in [2.75, 3.05) is 26.1 Å². The van der Waals surface area contributed by atoms with Gasteiger partial charge in [-0.3, -0.25) is 9.59 Å². The normalized spacial score (nSPS) is 12.1. The molecule has 0 fully saturated rings. The molecule has 2 aromatic carbocycles. The number of aromatic nitrogens is 2. The highest BCUT2D eigenvalue weighted by molar-refractivity contribution is 6.33. The lowest BCUT2D eigenvalue weighted by Crippen LogP contribution is -2.37. The van der Waals surface area contributed by atoms with E-state index in [1.165, 1.54) is 4.90 Å². The number of anilines is 1. The zero-order valence-electron chi connectivity index (χ0n) is 20.7. The summed E-state index contributed by atoms with van der Waals surface area (Å²) in [5, 5.41) is 13.4. The van der Waals surface area contributed by atoms with Crippen LogP contribution in [0, 0.1) is 0 Å². The summed E-state index contributed by atoms with van der Waals surface area (Å²) in [5.74, 6) is 0.769. The van der Waals surface area contributed by atoms with E-state index in [0.717, 1.165) is 29.5 Å². The number of aliphatic hydroxyl groups is 1. The molecule has 190 valence electrons. The molecule has 1 aliphatic rings.